The predicted octanol–water partition coefficient (Wildman–Crippen LogP) is 2.55. The van der Waals surface area contributed by atoms with Gasteiger partial charge in [-0.05, 0) is 45.0 Å². The molecule has 1 fully saturated rings. The van der Waals surface area contributed by atoms with Gasteiger partial charge >= 0.3 is 0 Å². The molecule has 0 radical (unpaired) electrons. The summed E-state index contributed by atoms with van der Waals surface area (Å²) in [6.07, 6.45) is 2.30. The van der Waals surface area contributed by atoms with Crippen molar-refractivity contribution < 1.29 is 4.39 Å². The van der Waals surface area contributed by atoms with Gasteiger partial charge in [0.15, 0.2) is 5.96 Å². The Morgan fingerprint density at radius 1 is 1.45 bits per heavy atom. The second kappa shape index (κ2) is 6.84. The van der Waals surface area contributed by atoms with E-state index >= 15 is 0 Å². The van der Waals surface area contributed by atoms with Gasteiger partial charge in [0.25, 0.3) is 0 Å². The van der Waals surface area contributed by atoms with Gasteiger partial charge in [0.05, 0.1) is 12.6 Å². The molecule has 0 bridgehead atoms. The zero-order valence-corrected chi connectivity index (χ0v) is 13.5. The van der Waals surface area contributed by atoms with Crippen LogP contribution in [-0.4, -0.2) is 43.1 Å². The molecule has 3 rings (SSSR count). The third-order valence-electron chi connectivity index (χ3n) is 4.28. The first-order valence-corrected chi connectivity index (χ1v) is 8.26. The molecule has 2 unspecified atom stereocenters. The molecule has 0 spiro atoms. The lowest BCUT2D eigenvalue weighted by atomic mass is 10.0. The maximum atomic E-state index is 14.3. The predicted molar refractivity (Wildman–Crippen MR) is 87.9 cm³/mol. The fourth-order valence-corrected chi connectivity index (χ4v) is 3.44. The van der Waals surface area contributed by atoms with Gasteiger partial charge in [-0.3, -0.25) is 9.89 Å². The van der Waals surface area contributed by atoms with Gasteiger partial charge in [-0.1, -0.05) is 17.7 Å². The summed E-state index contributed by atoms with van der Waals surface area (Å²) in [5, 5.41) is 7.08. The number of hydrogen-bond donors (Lipinski definition) is 2. The second-order valence-corrected chi connectivity index (χ2v) is 6.42. The van der Waals surface area contributed by atoms with Crippen LogP contribution in [0.15, 0.2) is 23.2 Å². The van der Waals surface area contributed by atoms with Gasteiger partial charge in [0, 0.05) is 23.2 Å². The zero-order valence-electron chi connectivity index (χ0n) is 12.8. The number of rotatable bonds is 4. The van der Waals surface area contributed by atoms with E-state index in [0.29, 0.717) is 23.2 Å². The number of guanidine groups is 1. The molecule has 22 heavy (non-hydrogen) atoms. The van der Waals surface area contributed by atoms with Gasteiger partial charge in [-0.25, -0.2) is 4.39 Å². The Labute approximate surface area is 135 Å². The van der Waals surface area contributed by atoms with Crippen LogP contribution in [0.4, 0.5) is 4.39 Å². The summed E-state index contributed by atoms with van der Waals surface area (Å²) >= 11 is 6.28. The van der Waals surface area contributed by atoms with Crippen LogP contribution >= 0.6 is 11.6 Å². The minimum absolute atomic E-state index is 0.0726. The van der Waals surface area contributed by atoms with Gasteiger partial charge in [-0.2, -0.15) is 0 Å². The van der Waals surface area contributed by atoms with Crippen molar-refractivity contribution in [1.82, 2.24) is 15.5 Å². The van der Waals surface area contributed by atoms with Crippen LogP contribution in [0.25, 0.3) is 0 Å². The van der Waals surface area contributed by atoms with E-state index in [9.17, 15) is 4.39 Å². The summed E-state index contributed by atoms with van der Waals surface area (Å²) in [4.78, 5) is 6.70. The number of halogens is 2. The Balaban J connectivity index is 1.78. The van der Waals surface area contributed by atoms with E-state index in [4.69, 9.17) is 11.6 Å². The lowest BCUT2D eigenvalue weighted by molar-refractivity contribution is 0.240. The highest BCUT2D eigenvalue weighted by atomic mass is 35.5. The van der Waals surface area contributed by atoms with Crippen molar-refractivity contribution in [2.24, 2.45) is 4.99 Å². The molecule has 0 aromatic heterocycles. The topological polar surface area (TPSA) is 39.7 Å². The van der Waals surface area contributed by atoms with Crippen LogP contribution in [0, 0.1) is 5.82 Å². The van der Waals surface area contributed by atoms with E-state index in [1.165, 1.54) is 6.07 Å². The summed E-state index contributed by atoms with van der Waals surface area (Å²) in [5.41, 5.74) is 0.588. The Bertz CT molecular complexity index is 537. The van der Waals surface area contributed by atoms with Crippen molar-refractivity contribution in [2.75, 3.05) is 26.2 Å². The molecule has 4 nitrogen and oxygen atoms in total. The quantitative estimate of drug-likeness (QED) is 0.894. The number of nitrogens with one attached hydrogen (secondary N) is 2. The smallest absolute Gasteiger partial charge is 0.191 e. The standard InChI is InChI=1S/C16H22ClFN4/c1-11-9-19-16(21-11)20-10-14(22-7-2-3-8-22)15-12(17)5-4-6-13(15)18/h4-6,11,14H,2-3,7-10H2,1H3,(H2,19,20,21). The molecule has 0 aliphatic carbocycles. The fourth-order valence-electron chi connectivity index (χ4n) is 3.15. The van der Waals surface area contributed by atoms with E-state index in [0.717, 1.165) is 38.4 Å². The molecule has 1 saturated heterocycles. The fraction of sp³-hybridized carbons (Fsp3) is 0.562. The van der Waals surface area contributed by atoms with Crippen molar-refractivity contribution in [3.05, 3.63) is 34.6 Å². The van der Waals surface area contributed by atoms with Gasteiger partial charge in [-0.15, -0.1) is 0 Å². The van der Waals surface area contributed by atoms with Gasteiger partial charge < -0.3 is 10.6 Å². The summed E-state index contributed by atoms with van der Waals surface area (Å²) in [6.45, 7) is 5.42. The zero-order chi connectivity index (χ0) is 15.5. The first kappa shape index (κ1) is 15.6. The van der Waals surface area contributed by atoms with Crippen LogP contribution in [-0.2, 0) is 0 Å². The molecule has 1 aromatic carbocycles. The molecule has 2 aliphatic heterocycles. The molecule has 2 atom stereocenters. The molecule has 6 heteroatoms. The summed E-state index contributed by atoms with van der Waals surface area (Å²) in [5.74, 6) is 0.560. The number of benzene rings is 1. The molecule has 2 aliphatic rings. The average molecular weight is 325 g/mol. The first-order valence-electron chi connectivity index (χ1n) is 7.88. The number of aliphatic imine (C=N–C) groups is 1. The summed E-state index contributed by atoms with van der Waals surface area (Å²) in [7, 11) is 0. The molecule has 0 saturated carbocycles. The largest absolute Gasteiger partial charge is 0.354 e. The third-order valence-corrected chi connectivity index (χ3v) is 4.61. The minimum atomic E-state index is -0.235. The minimum Gasteiger partial charge on any atom is -0.354 e. The molecular weight excluding hydrogens is 303 g/mol. The van der Waals surface area contributed by atoms with Crippen molar-refractivity contribution in [2.45, 2.75) is 31.8 Å². The highest BCUT2D eigenvalue weighted by Gasteiger charge is 2.28. The molecular formula is C16H22ClFN4. The van der Waals surface area contributed by atoms with E-state index in [1.54, 1.807) is 12.1 Å². The van der Waals surface area contributed by atoms with Crippen LogP contribution in [0.2, 0.25) is 5.02 Å². The van der Waals surface area contributed by atoms with Crippen LogP contribution in [0.5, 0.6) is 0 Å². The summed E-state index contributed by atoms with van der Waals surface area (Å²) < 4.78 is 14.3. The van der Waals surface area contributed by atoms with Gasteiger partial charge in [0.1, 0.15) is 5.82 Å². The van der Waals surface area contributed by atoms with Crippen LogP contribution in [0.1, 0.15) is 31.4 Å². The lowest BCUT2D eigenvalue weighted by Crippen LogP contribution is -2.42. The average Bonchev–Trinajstić information content (AvgIpc) is 3.13. The van der Waals surface area contributed by atoms with Gasteiger partial charge in [0.2, 0.25) is 0 Å². The van der Waals surface area contributed by atoms with Crippen molar-refractivity contribution >= 4 is 17.6 Å². The molecule has 2 heterocycles. The molecule has 120 valence electrons. The van der Waals surface area contributed by atoms with E-state index in [1.807, 2.05) is 0 Å². The normalized spacial score (nSPS) is 23.2. The highest BCUT2D eigenvalue weighted by Crippen LogP contribution is 2.31. The number of likely N-dealkylation sites (tertiary alicyclic amines) is 1. The van der Waals surface area contributed by atoms with E-state index in [-0.39, 0.29) is 11.9 Å². The monoisotopic (exact) mass is 324 g/mol. The second-order valence-electron chi connectivity index (χ2n) is 6.01. The van der Waals surface area contributed by atoms with E-state index in [2.05, 4.69) is 27.4 Å². The Morgan fingerprint density at radius 2 is 2.23 bits per heavy atom. The SMILES string of the molecule is CC1CN=C(NCC(c2c(F)cccc2Cl)N2CCCC2)N1. The maximum Gasteiger partial charge on any atom is 0.191 e. The molecule has 1 aromatic rings. The number of hydrogen-bond acceptors (Lipinski definition) is 4. The van der Waals surface area contributed by atoms with Crippen LogP contribution in [0.3, 0.4) is 0 Å². The van der Waals surface area contributed by atoms with Crippen LogP contribution < -0.4 is 10.6 Å². The third kappa shape index (κ3) is 3.36. The maximum absolute atomic E-state index is 14.3. The van der Waals surface area contributed by atoms with Crippen molar-refractivity contribution in [3.8, 4) is 0 Å². The Hall–Kier alpha value is -1.33. The highest BCUT2D eigenvalue weighted by molar-refractivity contribution is 6.31. The molecule has 2 N–H and O–H groups in total. The Kier molecular flexibility index (Phi) is 4.84. The van der Waals surface area contributed by atoms with Crippen molar-refractivity contribution in [1.29, 1.82) is 0 Å². The number of nitrogens with zero attached hydrogens (tertiary/aromatic N) is 2. The van der Waals surface area contributed by atoms with Crippen molar-refractivity contribution in [3.63, 3.8) is 0 Å². The van der Waals surface area contributed by atoms with E-state index < -0.39 is 0 Å². The molecule has 0 amide bonds. The first-order chi connectivity index (χ1) is 10.6. The Morgan fingerprint density at radius 3 is 2.86 bits per heavy atom. The summed E-state index contributed by atoms with van der Waals surface area (Å²) in [6, 6.07) is 5.18. The lowest BCUT2D eigenvalue weighted by Gasteiger charge is -2.29.